The quantitative estimate of drug-likeness (QED) is 0.676. The Morgan fingerprint density at radius 3 is 2.67 bits per heavy atom. The molecule has 2 N–H and O–H groups in total. The van der Waals surface area contributed by atoms with Crippen molar-refractivity contribution in [2.75, 3.05) is 13.1 Å². The fraction of sp³-hybridized carbons (Fsp3) is 0.435. The summed E-state index contributed by atoms with van der Waals surface area (Å²) in [6.45, 7) is 9.74. The lowest BCUT2D eigenvalue weighted by molar-refractivity contribution is 0.0950. The maximum absolute atomic E-state index is 12.9. The van der Waals surface area contributed by atoms with Crippen molar-refractivity contribution in [1.29, 1.82) is 0 Å². The second-order valence-corrected chi connectivity index (χ2v) is 8.54. The first-order valence-electron chi connectivity index (χ1n) is 10.5. The highest BCUT2D eigenvalue weighted by molar-refractivity contribution is 6.06. The summed E-state index contributed by atoms with van der Waals surface area (Å²) < 4.78 is 5.50. The maximum Gasteiger partial charge on any atom is 0.262 e. The molecule has 7 nitrogen and oxygen atoms in total. The molecule has 1 fully saturated rings. The predicted molar refractivity (Wildman–Crippen MR) is 115 cm³/mol. The zero-order chi connectivity index (χ0) is 21.3. The number of amides is 1. The summed E-state index contributed by atoms with van der Waals surface area (Å²) in [5.74, 6) is 1.45. The molecule has 158 valence electrons. The normalized spacial score (nSPS) is 19.8. The topological polar surface area (TPSA) is 91.2 Å². The van der Waals surface area contributed by atoms with Crippen LogP contribution in [-0.2, 0) is 13.1 Å². The van der Waals surface area contributed by atoms with Gasteiger partial charge in [-0.05, 0) is 36.3 Å². The van der Waals surface area contributed by atoms with E-state index in [2.05, 4.69) is 40.1 Å². The van der Waals surface area contributed by atoms with Crippen molar-refractivity contribution in [1.82, 2.24) is 20.2 Å². The molecule has 4 rings (SSSR count). The molecule has 0 bridgehead atoms. The molecule has 0 spiro atoms. The molecule has 0 radical (unpaired) electrons. The maximum atomic E-state index is 12.9. The van der Waals surface area contributed by atoms with Crippen molar-refractivity contribution in [2.45, 2.75) is 40.3 Å². The number of likely N-dealkylation sites (tertiary alicyclic amines) is 1. The van der Waals surface area contributed by atoms with E-state index in [1.165, 1.54) is 18.3 Å². The van der Waals surface area contributed by atoms with Crippen molar-refractivity contribution in [3.05, 3.63) is 63.4 Å². The number of H-pyrrole nitrogens is 1. The molecule has 1 amide bonds. The molecule has 1 saturated heterocycles. The first-order valence-corrected chi connectivity index (χ1v) is 10.5. The van der Waals surface area contributed by atoms with Gasteiger partial charge in [0.05, 0.1) is 11.9 Å². The number of aryl methyl sites for hydroxylation is 1. The lowest BCUT2D eigenvalue weighted by Gasteiger charge is -2.35. The highest BCUT2D eigenvalue weighted by atomic mass is 16.3. The van der Waals surface area contributed by atoms with E-state index in [4.69, 9.17) is 4.42 Å². The summed E-state index contributed by atoms with van der Waals surface area (Å²) in [6, 6.07) is 8.19. The molecule has 1 aliphatic rings. The lowest BCUT2D eigenvalue weighted by Crippen LogP contribution is -2.38. The first kappa shape index (κ1) is 20.3. The van der Waals surface area contributed by atoms with E-state index in [-0.39, 0.29) is 28.1 Å². The molecule has 1 aliphatic heterocycles. The van der Waals surface area contributed by atoms with Gasteiger partial charge < -0.3 is 14.7 Å². The summed E-state index contributed by atoms with van der Waals surface area (Å²) in [7, 11) is 0. The third-order valence-electron chi connectivity index (χ3n) is 5.79. The third kappa shape index (κ3) is 4.16. The number of nitrogens with one attached hydrogen (secondary N) is 2. The Labute approximate surface area is 175 Å². The molecule has 30 heavy (non-hydrogen) atoms. The van der Waals surface area contributed by atoms with Gasteiger partial charge in [0.25, 0.3) is 11.5 Å². The zero-order valence-electron chi connectivity index (χ0n) is 17.7. The summed E-state index contributed by atoms with van der Waals surface area (Å²) >= 11 is 0. The second-order valence-electron chi connectivity index (χ2n) is 8.54. The van der Waals surface area contributed by atoms with Gasteiger partial charge in [-0.15, -0.1) is 0 Å². The SMILES string of the molecule is Cc1oc2nc[nH]c(=O)c2c1C(=O)NCc1ccccc1CN1CC(C)CC(C)C1. The van der Waals surface area contributed by atoms with Gasteiger partial charge in [-0.2, -0.15) is 0 Å². The van der Waals surface area contributed by atoms with Crippen LogP contribution in [0.3, 0.4) is 0 Å². The minimum absolute atomic E-state index is 0.176. The van der Waals surface area contributed by atoms with Crippen LogP contribution in [0, 0.1) is 18.8 Å². The fourth-order valence-electron chi connectivity index (χ4n) is 4.64. The smallest absolute Gasteiger partial charge is 0.262 e. The fourth-order valence-corrected chi connectivity index (χ4v) is 4.64. The number of hydrogen-bond acceptors (Lipinski definition) is 5. The van der Waals surface area contributed by atoms with Crippen LogP contribution >= 0.6 is 0 Å². The van der Waals surface area contributed by atoms with Gasteiger partial charge in [0.2, 0.25) is 5.71 Å². The number of carbonyl (C=O) groups excluding carboxylic acids is 1. The Morgan fingerprint density at radius 2 is 1.93 bits per heavy atom. The number of nitrogens with zero attached hydrogens (tertiary/aromatic N) is 2. The van der Waals surface area contributed by atoms with Crippen molar-refractivity contribution < 1.29 is 9.21 Å². The molecule has 0 aliphatic carbocycles. The Bertz CT molecular complexity index is 1110. The van der Waals surface area contributed by atoms with Gasteiger partial charge >= 0.3 is 0 Å². The van der Waals surface area contributed by atoms with E-state index in [1.54, 1.807) is 6.92 Å². The second kappa shape index (κ2) is 8.44. The van der Waals surface area contributed by atoms with Gasteiger partial charge in [-0.1, -0.05) is 38.1 Å². The molecule has 1 aromatic carbocycles. The van der Waals surface area contributed by atoms with Crippen molar-refractivity contribution >= 4 is 17.0 Å². The van der Waals surface area contributed by atoms with E-state index >= 15 is 0 Å². The first-order chi connectivity index (χ1) is 14.4. The summed E-state index contributed by atoms with van der Waals surface area (Å²) in [5, 5.41) is 3.15. The van der Waals surface area contributed by atoms with Gasteiger partial charge in [0, 0.05) is 26.2 Å². The molecule has 2 unspecified atom stereocenters. The summed E-state index contributed by atoms with van der Waals surface area (Å²) in [4.78, 5) is 34.1. The third-order valence-corrected chi connectivity index (χ3v) is 5.79. The minimum Gasteiger partial charge on any atom is -0.442 e. The monoisotopic (exact) mass is 408 g/mol. The number of hydrogen-bond donors (Lipinski definition) is 2. The highest BCUT2D eigenvalue weighted by Gasteiger charge is 2.23. The van der Waals surface area contributed by atoms with Crippen molar-refractivity contribution in [3.8, 4) is 0 Å². The molecule has 2 aromatic heterocycles. The van der Waals surface area contributed by atoms with E-state index in [0.717, 1.165) is 25.2 Å². The molecule has 3 heterocycles. The van der Waals surface area contributed by atoms with E-state index in [9.17, 15) is 9.59 Å². The molecule has 3 aromatic rings. The lowest BCUT2D eigenvalue weighted by atomic mass is 9.91. The van der Waals surface area contributed by atoms with Gasteiger partial charge in [0.15, 0.2) is 0 Å². The highest BCUT2D eigenvalue weighted by Crippen LogP contribution is 2.24. The van der Waals surface area contributed by atoms with Crippen LogP contribution < -0.4 is 10.9 Å². The van der Waals surface area contributed by atoms with Crippen LogP contribution in [0.15, 0.2) is 39.8 Å². The van der Waals surface area contributed by atoms with Crippen LogP contribution in [-0.4, -0.2) is 33.9 Å². The number of aromatic nitrogens is 2. The minimum atomic E-state index is -0.379. The number of furan rings is 1. The number of piperidine rings is 1. The number of carbonyl (C=O) groups is 1. The van der Waals surface area contributed by atoms with Gasteiger partial charge in [-0.3, -0.25) is 14.5 Å². The summed E-state index contributed by atoms with van der Waals surface area (Å²) in [5.41, 5.74) is 2.34. The largest absolute Gasteiger partial charge is 0.442 e. The molecular weight excluding hydrogens is 380 g/mol. The van der Waals surface area contributed by atoms with Crippen molar-refractivity contribution in [3.63, 3.8) is 0 Å². The van der Waals surface area contributed by atoms with Crippen molar-refractivity contribution in [2.24, 2.45) is 11.8 Å². The average Bonchev–Trinajstić information content (AvgIpc) is 3.03. The van der Waals surface area contributed by atoms with Crippen LogP contribution in [0.4, 0.5) is 0 Å². The predicted octanol–water partition coefficient (Wildman–Crippen LogP) is 3.23. The van der Waals surface area contributed by atoms with Crippen LogP contribution in [0.1, 0.15) is 47.5 Å². The Kier molecular flexibility index (Phi) is 5.72. The number of fused-ring (bicyclic) bond motifs is 1. The Balaban J connectivity index is 1.50. The Morgan fingerprint density at radius 1 is 1.23 bits per heavy atom. The Hall–Kier alpha value is -2.93. The molecule has 0 saturated carbocycles. The standard InChI is InChI=1S/C23H28N4O3/c1-14-8-15(2)11-27(10-14)12-18-7-5-4-6-17(18)9-24-21(28)19-16(3)30-23-20(19)22(29)25-13-26-23/h4-7,13-15H,8-12H2,1-3H3,(H,24,28)(H,25,26,29). The number of aromatic amines is 1. The average molecular weight is 409 g/mol. The van der Waals surface area contributed by atoms with E-state index in [0.29, 0.717) is 24.1 Å². The van der Waals surface area contributed by atoms with Crippen LogP contribution in [0.5, 0.6) is 0 Å². The van der Waals surface area contributed by atoms with E-state index < -0.39 is 0 Å². The number of benzene rings is 1. The molecular formula is C23H28N4O3. The van der Waals surface area contributed by atoms with Crippen LogP contribution in [0.25, 0.3) is 11.1 Å². The molecule has 2 atom stereocenters. The van der Waals surface area contributed by atoms with Crippen LogP contribution in [0.2, 0.25) is 0 Å². The van der Waals surface area contributed by atoms with E-state index in [1.807, 2.05) is 18.2 Å². The molecule has 7 heteroatoms. The zero-order valence-corrected chi connectivity index (χ0v) is 17.7. The van der Waals surface area contributed by atoms with Gasteiger partial charge in [0.1, 0.15) is 11.1 Å². The number of rotatable bonds is 5. The van der Waals surface area contributed by atoms with Gasteiger partial charge in [-0.25, -0.2) is 4.98 Å². The summed E-state index contributed by atoms with van der Waals surface area (Å²) in [6.07, 6.45) is 2.55.